The maximum atomic E-state index is 11.9. The van der Waals surface area contributed by atoms with Gasteiger partial charge in [-0.15, -0.1) is 0 Å². The van der Waals surface area contributed by atoms with Gasteiger partial charge in [0.25, 0.3) is 0 Å². The molecule has 0 aliphatic heterocycles. The van der Waals surface area contributed by atoms with Gasteiger partial charge in [0.2, 0.25) is 5.88 Å². The van der Waals surface area contributed by atoms with Gasteiger partial charge in [-0.2, -0.15) is 0 Å². The Bertz CT molecular complexity index is 626. The molecule has 0 saturated carbocycles. The van der Waals surface area contributed by atoms with Crippen LogP contribution in [-0.4, -0.2) is 18.1 Å². The van der Waals surface area contributed by atoms with Crippen molar-refractivity contribution in [3.8, 4) is 5.88 Å². The number of hydrogen-bond donors (Lipinski definition) is 1. The zero-order chi connectivity index (χ0) is 14.5. The number of methoxy groups -OCH3 is 1. The third-order valence-electron chi connectivity index (χ3n) is 2.85. The van der Waals surface area contributed by atoms with E-state index in [4.69, 9.17) is 15.2 Å². The summed E-state index contributed by atoms with van der Waals surface area (Å²) in [5.74, 6) is 0.0830. The van der Waals surface area contributed by atoms with Crippen LogP contribution in [0.2, 0.25) is 0 Å². The standard InChI is InChI=1S/C15H16N2O3/c1-10-8-11(6-7-13(10)16)15(18)20-9-12-4-3-5-14(17-12)19-2/h3-8H,9,16H2,1-2H3. The molecular weight excluding hydrogens is 256 g/mol. The van der Waals surface area contributed by atoms with Gasteiger partial charge in [-0.25, -0.2) is 9.78 Å². The van der Waals surface area contributed by atoms with E-state index in [1.165, 1.54) is 7.11 Å². The molecule has 0 bridgehead atoms. The molecule has 0 saturated heterocycles. The van der Waals surface area contributed by atoms with Gasteiger partial charge in [0, 0.05) is 11.8 Å². The van der Waals surface area contributed by atoms with Gasteiger partial charge in [0.1, 0.15) is 6.61 Å². The average Bonchev–Trinajstić information content (AvgIpc) is 2.47. The normalized spacial score (nSPS) is 10.1. The van der Waals surface area contributed by atoms with E-state index in [1.54, 1.807) is 36.4 Å². The molecule has 1 aromatic carbocycles. The van der Waals surface area contributed by atoms with E-state index in [-0.39, 0.29) is 6.61 Å². The largest absolute Gasteiger partial charge is 0.481 e. The second-order valence-corrected chi connectivity index (χ2v) is 4.32. The van der Waals surface area contributed by atoms with E-state index in [9.17, 15) is 4.79 Å². The lowest BCUT2D eigenvalue weighted by atomic mass is 10.1. The summed E-state index contributed by atoms with van der Waals surface area (Å²) in [6.45, 7) is 1.94. The molecular formula is C15H16N2O3. The summed E-state index contributed by atoms with van der Waals surface area (Å²) < 4.78 is 10.2. The van der Waals surface area contributed by atoms with Crippen molar-refractivity contribution in [1.29, 1.82) is 0 Å². The first-order valence-electron chi connectivity index (χ1n) is 6.13. The number of nitrogens with two attached hydrogens (primary N) is 1. The van der Waals surface area contributed by atoms with Crippen LogP contribution >= 0.6 is 0 Å². The van der Waals surface area contributed by atoms with Crippen molar-refractivity contribution in [1.82, 2.24) is 4.98 Å². The number of aromatic nitrogens is 1. The van der Waals surface area contributed by atoms with E-state index < -0.39 is 5.97 Å². The fraction of sp³-hybridized carbons (Fsp3) is 0.200. The zero-order valence-electron chi connectivity index (χ0n) is 11.4. The highest BCUT2D eigenvalue weighted by molar-refractivity contribution is 5.90. The minimum Gasteiger partial charge on any atom is -0.481 e. The lowest BCUT2D eigenvalue weighted by Crippen LogP contribution is -2.07. The van der Waals surface area contributed by atoms with Crippen molar-refractivity contribution in [2.45, 2.75) is 13.5 Å². The number of rotatable bonds is 4. The molecule has 5 nitrogen and oxygen atoms in total. The summed E-state index contributed by atoms with van der Waals surface area (Å²) in [5.41, 5.74) is 8.31. The highest BCUT2D eigenvalue weighted by Gasteiger charge is 2.09. The molecule has 0 aliphatic carbocycles. The van der Waals surface area contributed by atoms with Crippen molar-refractivity contribution >= 4 is 11.7 Å². The van der Waals surface area contributed by atoms with Crippen molar-refractivity contribution in [3.63, 3.8) is 0 Å². The third kappa shape index (κ3) is 3.26. The molecule has 20 heavy (non-hydrogen) atoms. The van der Waals surface area contributed by atoms with Crippen molar-refractivity contribution in [2.24, 2.45) is 0 Å². The molecule has 1 heterocycles. The van der Waals surface area contributed by atoms with Crippen LogP contribution in [0, 0.1) is 6.92 Å². The quantitative estimate of drug-likeness (QED) is 0.683. The maximum absolute atomic E-state index is 11.9. The highest BCUT2D eigenvalue weighted by Crippen LogP contribution is 2.14. The summed E-state index contributed by atoms with van der Waals surface area (Å²) >= 11 is 0. The monoisotopic (exact) mass is 272 g/mol. The van der Waals surface area contributed by atoms with Gasteiger partial charge >= 0.3 is 5.97 Å². The number of ether oxygens (including phenoxy) is 2. The van der Waals surface area contributed by atoms with Crippen LogP contribution in [-0.2, 0) is 11.3 Å². The van der Waals surface area contributed by atoms with Gasteiger partial charge in [-0.3, -0.25) is 0 Å². The zero-order valence-corrected chi connectivity index (χ0v) is 11.4. The topological polar surface area (TPSA) is 74.4 Å². The molecule has 0 aliphatic rings. The first kappa shape index (κ1) is 13.9. The number of anilines is 1. The van der Waals surface area contributed by atoms with Crippen LogP contribution in [0.15, 0.2) is 36.4 Å². The number of nitrogen functional groups attached to an aromatic ring is 1. The number of esters is 1. The van der Waals surface area contributed by atoms with Crippen LogP contribution in [0.1, 0.15) is 21.6 Å². The van der Waals surface area contributed by atoms with Crippen LogP contribution in [0.25, 0.3) is 0 Å². The molecule has 0 fully saturated rings. The molecule has 0 spiro atoms. The average molecular weight is 272 g/mol. The van der Waals surface area contributed by atoms with Crippen molar-refractivity contribution in [3.05, 3.63) is 53.2 Å². The summed E-state index contributed by atoms with van der Waals surface area (Å²) in [6, 6.07) is 10.3. The number of nitrogens with zero attached hydrogens (tertiary/aromatic N) is 1. The van der Waals surface area contributed by atoms with Gasteiger partial charge in [0.05, 0.1) is 18.4 Å². The van der Waals surface area contributed by atoms with Crippen LogP contribution in [0.5, 0.6) is 5.88 Å². The minimum atomic E-state index is -0.405. The fourth-order valence-electron chi connectivity index (χ4n) is 1.68. The van der Waals surface area contributed by atoms with Crippen molar-refractivity contribution < 1.29 is 14.3 Å². The summed E-state index contributed by atoms with van der Waals surface area (Å²) in [6.07, 6.45) is 0. The molecule has 1 aromatic heterocycles. The Labute approximate surface area is 117 Å². The molecule has 2 rings (SSSR count). The molecule has 0 atom stereocenters. The number of carbonyl (C=O) groups excluding carboxylic acids is 1. The van der Waals surface area contributed by atoms with E-state index in [1.807, 2.05) is 6.92 Å². The lowest BCUT2D eigenvalue weighted by Gasteiger charge is -2.07. The Morgan fingerprint density at radius 3 is 2.80 bits per heavy atom. The molecule has 0 unspecified atom stereocenters. The Morgan fingerprint density at radius 2 is 2.10 bits per heavy atom. The van der Waals surface area contributed by atoms with E-state index in [0.717, 1.165) is 5.56 Å². The predicted octanol–water partition coefficient (Wildman–Crippen LogP) is 2.34. The highest BCUT2D eigenvalue weighted by atomic mass is 16.5. The lowest BCUT2D eigenvalue weighted by molar-refractivity contribution is 0.0467. The van der Waals surface area contributed by atoms with E-state index >= 15 is 0 Å². The number of benzene rings is 1. The molecule has 104 valence electrons. The minimum absolute atomic E-state index is 0.0967. The van der Waals surface area contributed by atoms with Gasteiger partial charge < -0.3 is 15.2 Å². The Hall–Kier alpha value is -2.56. The predicted molar refractivity (Wildman–Crippen MR) is 75.5 cm³/mol. The number of aryl methyl sites for hydroxylation is 1. The van der Waals surface area contributed by atoms with E-state index in [0.29, 0.717) is 22.8 Å². The number of pyridine rings is 1. The van der Waals surface area contributed by atoms with E-state index in [2.05, 4.69) is 4.98 Å². The smallest absolute Gasteiger partial charge is 0.338 e. The number of carbonyl (C=O) groups is 1. The molecule has 0 amide bonds. The Kier molecular flexibility index (Phi) is 4.20. The fourth-order valence-corrected chi connectivity index (χ4v) is 1.68. The third-order valence-corrected chi connectivity index (χ3v) is 2.85. The summed E-state index contributed by atoms with van der Waals surface area (Å²) in [7, 11) is 1.54. The van der Waals surface area contributed by atoms with Crippen LogP contribution in [0.3, 0.4) is 0 Å². The first-order valence-corrected chi connectivity index (χ1v) is 6.13. The second kappa shape index (κ2) is 6.06. The van der Waals surface area contributed by atoms with Gasteiger partial charge in [-0.05, 0) is 36.8 Å². The number of hydrogen-bond acceptors (Lipinski definition) is 5. The summed E-state index contributed by atoms with van der Waals surface area (Å²) in [5, 5.41) is 0. The van der Waals surface area contributed by atoms with Crippen molar-refractivity contribution in [2.75, 3.05) is 12.8 Å². The van der Waals surface area contributed by atoms with Crippen LogP contribution in [0.4, 0.5) is 5.69 Å². The Morgan fingerprint density at radius 1 is 1.30 bits per heavy atom. The maximum Gasteiger partial charge on any atom is 0.338 e. The van der Waals surface area contributed by atoms with Gasteiger partial charge in [-0.1, -0.05) is 6.07 Å². The molecule has 0 radical (unpaired) electrons. The molecule has 2 N–H and O–H groups in total. The molecule has 2 aromatic rings. The first-order chi connectivity index (χ1) is 9.60. The summed E-state index contributed by atoms with van der Waals surface area (Å²) in [4.78, 5) is 16.1. The molecule has 5 heteroatoms. The SMILES string of the molecule is COc1cccc(COC(=O)c2ccc(N)c(C)c2)n1. The van der Waals surface area contributed by atoms with Crippen LogP contribution < -0.4 is 10.5 Å². The second-order valence-electron chi connectivity index (χ2n) is 4.32. The Balaban J connectivity index is 2.02. The van der Waals surface area contributed by atoms with Gasteiger partial charge in [0.15, 0.2) is 0 Å².